The number of fused-ring (bicyclic) bond motifs is 1. The summed E-state index contributed by atoms with van der Waals surface area (Å²) in [5, 5.41) is 0. The van der Waals surface area contributed by atoms with Crippen LogP contribution in [0.3, 0.4) is 0 Å². The van der Waals surface area contributed by atoms with Crippen LogP contribution in [0.1, 0.15) is 17.5 Å². The highest BCUT2D eigenvalue weighted by atomic mass is 16.5. The van der Waals surface area contributed by atoms with E-state index in [-0.39, 0.29) is 11.8 Å². The second-order valence-electron chi connectivity index (χ2n) is 3.98. The molecule has 0 saturated carbocycles. The molecule has 1 unspecified atom stereocenters. The van der Waals surface area contributed by atoms with Gasteiger partial charge in [-0.1, -0.05) is 6.07 Å². The van der Waals surface area contributed by atoms with Crippen molar-refractivity contribution in [2.45, 2.75) is 19.3 Å². The predicted octanol–water partition coefficient (Wildman–Crippen LogP) is 1.29. The van der Waals surface area contributed by atoms with Crippen LogP contribution in [0.15, 0.2) is 18.2 Å². The van der Waals surface area contributed by atoms with Crippen molar-refractivity contribution in [2.75, 3.05) is 7.11 Å². The lowest BCUT2D eigenvalue weighted by Crippen LogP contribution is -2.28. The van der Waals surface area contributed by atoms with Crippen LogP contribution in [0.4, 0.5) is 0 Å². The molecule has 1 aliphatic rings. The molecule has 1 aromatic carbocycles. The maximum atomic E-state index is 11.1. The molecule has 0 radical (unpaired) electrons. The Morgan fingerprint density at radius 3 is 2.93 bits per heavy atom. The molecule has 1 atom stereocenters. The maximum Gasteiger partial charge on any atom is 0.220 e. The molecule has 1 amide bonds. The van der Waals surface area contributed by atoms with Crippen molar-refractivity contribution < 1.29 is 9.53 Å². The van der Waals surface area contributed by atoms with E-state index in [4.69, 9.17) is 10.5 Å². The molecule has 0 fully saturated rings. The Balaban J connectivity index is 2.24. The molecule has 2 N–H and O–H groups in total. The number of hydrogen-bond donors (Lipinski definition) is 1. The first kappa shape index (κ1) is 10.0. The van der Waals surface area contributed by atoms with E-state index in [0.717, 1.165) is 25.0 Å². The average molecular weight is 205 g/mol. The summed E-state index contributed by atoms with van der Waals surface area (Å²) in [6, 6.07) is 6.01. The number of amides is 1. The molecule has 0 aliphatic heterocycles. The monoisotopic (exact) mass is 205 g/mol. The minimum absolute atomic E-state index is 0.00546. The first-order valence-corrected chi connectivity index (χ1v) is 5.16. The molecule has 0 aromatic heterocycles. The van der Waals surface area contributed by atoms with Gasteiger partial charge in [0.05, 0.1) is 7.11 Å². The second kappa shape index (κ2) is 3.93. The van der Waals surface area contributed by atoms with Crippen LogP contribution in [-0.4, -0.2) is 13.0 Å². The standard InChI is InChI=1S/C12H15NO2/c1-15-11-5-4-8-6-10(12(13)14)3-2-9(8)7-11/h4-5,7,10H,2-3,6H2,1H3,(H2,13,14). The third kappa shape index (κ3) is 1.96. The maximum absolute atomic E-state index is 11.1. The van der Waals surface area contributed by atoms with Gasteiger partial charge in [-0.05, 0) is 42.5 Å². The number of hydrogen-bond acceptors (Lipinski definition) is 2. The van der Waals surface area contributed by atoms with E-state index in [9.17, 15) is 4.79 Å². The Labute approximate surface area is 89.2 Å². The summed E-state index contributed by atoms with van der Waals surface area (Å²) in [6.45, 7) is 0. The number of ether oxygens (including phenoxy) is 1. The molecular formula is C12H15NO2. The average Bonchev–Trinajstić information content (AvgIpc) is 2.27. The number of primary amides is 1. The number of carbonyl (C=O) groups is 1. The highest BCUT2D eigenvalue weighted by molar-refractivity contribution is 5.77. The first-order valence-electron chi connectivity index (χ1n) is 5.16. The largest absolute Gasteiger partial charge is 0.497 e. The minimum atomic E-state index is -0.184. The molecule has 0 heterocycles. The van der Waals surface area contributed by atoms with Crippen molar-refractivity contribution in [2.24, 2.45) is 11.7 Å². The number of methoxy groups -OCH3 is 1. The summed E-state index contributed by atoms with van der Waals surface area (Å²) in [7, 11) is 1.66. The molecule has 1 aromatic rings. The third-order valence-electron chi connectivity index (χ3n) is 3.04. The van der Waals surface area contributed by atoms with Gasteiger partial charge < -0.3 is 10.5 Å². The zero-order valence-electron chi connectivity index (χ0n) is 8.82. The van der Waals surface area contributed by atoms with Crippen LogP contribution in [0.5, 0.6) is 5.75 Å². The number of aryl methyl sites for hydroxylation is 1. The fourth-order valence-corrected chi connectivity index (χ4v) is 2.10. The van der Waals surface area contributed by atoms with Crippen molar-refractivity contribution in [3.8, 4) is 5.75 Å². The van der Waals surface area contributed by atoms with E-state index < -0.39 is 0 Å². The summed E-state index contributed by atoms with van der Waals surface area (Å²) in [6.07, 6.45) is 2.55. The summed E-state index contributed by atoms with van der Waals surface area (Å²) in [5.41, 5.74) is 7.83. The fourth-order valence-electron chi connectivity index (χ4n) is 2.10. The molecule has 2 rings (SSSR count). The van der Waals surface area contributed by atoms with E-state index in [1.165, 1.54) is 11.1 Å². The lowest BCUT2D eigenvalue weighted by Gasteiger charge is -2.22. The summed E-state index contributed by atoms with van der Waals surface area (Å²) in [5.74, 6) is 0.702. The molecule has 3 nitrogen and oxygen atoms in total. The quantitative estimate of drug-likeness (QED) is 0.790. The van der Waals surface area contributed by atoms with Gasteiger partial charge in [-0.3, -0.25) is 4.79 Å². The van der Waals surface area contributed by atoms with Crippen molar-refractivity contribution in [3.05, 3.63) is 29.3 Å². The molecule has 80 valence electrons. The van der Waals surface area contributed by atoms with E-state index in [1.54, 1.807) is 7.11 Å². The normalized spacial score (nSPS) is 19.4. The lowest BCUT2D eigenvalue weighted by atomic mass is 9.83. The van der Waals surface area contributed by atoms with Crippen LogP contribution >= 0.6 is 0 Å². The van der Waals surface area contributed by atoms with Crippen LogP contribution in [-0.2, 0) is 17.6 Å². The highest BCUT2D eigenvalue weighted by Gasteiger charge is 2.22. The molecular weight excluding hydrogens is 190 g/mol. The Morgan fingerprint density at radius 2 is 2.27 bits per heavy atom. The molecule has 0 spiro atoms. The Hall–Kier alpha value is -1.51. The topological polar surface area (TPSA) is 52.3 Å². The van der Waals surface area contributed by atoms with Gasteiger partial charge in [0, 0.05) is 5.92 Å². The van der Waals surface area contributed by atoms with Gasteiger partial charge >= 0.3 is 0 Å². The molecule has 1 aliphatic carbocycles. The van der Waals surface area contributed by atoms with Gasteiger partial charge in [0.25, 0.3) is 0 Å². The number of carbonyl (C=O) groups excluding carboxylic acids is 1. The van der Waals surface area contributed by atoms with Gasteiger partial charge in [0.15, 0.2) is 0 Å². The van der Waals surface area contributed by atoms with E-state index in [1.807, 2.05) is 18.2 Å². The van der Waals surface area contributed by atoms with E-state index >= 15 is 0 Å². The van der Waals surface area contributed by atoms with Gasteiger partial charge in [0.1, 0.15) is 5.75 Å². The van der Waals surface area contributed by atoms with Crippen molar-refractivity contribution in [1.82, 2.24) is 0 Å². The molecule has 15 heavy (non-hydrogen) atoms. The van der Waals surface area contributed by atoms with Crippen molar-refractivity contribution in [3.63, 3.8) is 0 Å². The smallest absolute Gasteiger partial charge is 0.220 e. The number of rotatable bonds is 2. The molecule has 0 bridgehead atoms. The van der Waals surface area contributed by atoms with E-state index in [0.29, 0.717) is 0 Å². The van der Waals surface area contributed by atoms with E-state index in [2.05, 4.69) is 0 Å². The van der Waals surface area contributed by atoms with Gasteiger partial charge in [-0.25, -0.2) is 0 Å². The van der Waals surface area contributed by atoms with Crippen LogP contribution < -0.4 is 10.5 Å². The van der Waals surface area contributed by atoms with Crippen LogP contribution in [0.25, 0.3) is 0 Å². The molecule has 3 heteroatoms. The lowest BCUT2D eigenvalue weighted by molar-refractivity contribution is -0.122. The predicted molar refractivity (Wildman–Crippen MR) is 57.7 cm³/mol. The Kier molecular flexibility index (Phi) is 2.62. The van der Waals surface area contributed by atoms with Gasteiger partial charge in [-0.2, -0.15) is 0 Å². The minimum Gasteiger partial charge on any atom is -0.497 e. The summed E-state index contributed by atoms with van der Waals surface area (Å²) < 4.78 is 5.16. The van der Waals surface area contributed by atoms with Crippen molar-refractivity contribution in [1.29, 1.82) is 0 Å². The second-order valence-corrected chi connectivity index (χ2v) is 3.98. The third-order valence-corrected chi connectivity index (χ3v) is 3.04. The number of nitrogens with two attached hydrogens (primary N) is 1. The fraction of sp³-hybridized carbons (Fsp3) is 0.417. The zero-order valence-corrected chi connectivity index (χ0v) is 8.82. The summed E-state index contributed by atoms with van der Waals surface area (Å²) in [4.78, 5) is 11.1. The number of benzene rings is 1. The highest BCUT2D eigenvalue weighted by Crippen LogP contribution is 2.28. The molecule has 0 saturated heterocycles. The first-order chi connectivity index (χ1) is 7.20. The van der Waals surface area contributed by atoms with Crippen LogP contribution in [0.2, 0.25) is 0 Å². The summed E-state index contributed by atoms with van der Waals surface area (Å²) >= 11 is 0. The van der Waals surface area contributed by atoms with Gasteiger partial charge in [0.2, 0.25) is 5.91 Å². The Bertz CT molecular complexity index is 387. The van der Waals surface area contributed by atoms with Crippen LogP contribution in [0, 0.1) is 5.92 Å². The zero-order chi connectivity index (χ0) is 10.8. The SMILES string of the molecule is COc1ccc2c(c1)CCC(C(N)=O)C2. The Morgan fingerprint density at radius 1 is 1.47 bits per heavy atom. The van der Waals surface area contributed by atoms with Crippen molar-refractivity contribution >= 4 is 5.91 Å². The van der Waals surface area contributed by atoms with Gasteiger partial charge in [-0.15, -0.1) is 0 Å².